The van der Waals surface area contributed by atoms with E-state index in [2.05, 4.69) is 36.3 Å². The van der Waals surface area contributed by atoms with E-state index in [0.717, 1.165) is 43.7 Å². The van der Waals surface area contributed by atoms with Crippen molar-refractivity contribution in [2.24, 2.45) is 5.92 Å². The molecule has 1 amide bonds. The molecule has 0 unspecified atom stereocenters. The lowest BCUT2D eigenvalue weighted by atomic mass is 9.99. The molecule has 1 aliphatic heterocycles. The third-order valence-electron chi connectivity index (χ3n) is 4.73. The quantitative estimate of drug-likeness (QED) is 0.914. The van der Waals surface area contributed by atoms with E-state index < -0.39 is 0 Å². The number of rotatable bonds is 4. The van der Waals surface area contributed by atoms with E-state index in [1.807, 2.05) is 29.2 Å². The van der Waals surface area contributed by atoms with Crippen molar-refractivity contribution in [2.75, 3.05) is 18.4 Å². The Balaban J connectivity index is 1.68. The molecule has 0 radical (unpaired) electrons. The molecule has 1 aromatic carbocycles. The van der Waals surface area contributed by atoms with Crippen LogP contribution in [0.15, 0.2) is 42.6 Å². The van der Waals surface area contributed by atoms with Gasteiger partial charge < -0.3 is 10.2 Å². The van der Waals surface area contributed by atoms with Gasteiger partial charge in [-0.2, -0.15) is 0 Å². The Morgan fingerprint density at radius 2 is 1.96 bits per heavy atom. The van der Waals surface area contributed by atoms with Crippen LogP contribution in [0.3, 0.4) is 0 Å². The zero-order valence-electron chi connectivity index (χ0n) is 14.5. The number of para-hydroxylation sites is 1. The van der Waals surface area contributed by atoms with Crippen molar-refractivity contribution in [3.05, 3.63) is 53.9 Å². The number of carbonyl (C=O) groups excluding carboxylic acids is 1. The molecule has 3 rings (SSSR count). The Kier molecular flexibility index (Phi) is 5.14. The Bertz CT molecular complexity index is 688. The van der Waals surface area contributed by atoms with Crippen LogP contribution < -0.4 is 5.32 Å². The van der Waals surface area contributed by atoms with Crippen LogP contribution >= 0.6 is 0 Å². The highest BCUT2D eigenvalue weighted by molar-refractivity contribution is 5.92. The molecule has 2 aromatic rings. The van der Waals surface area contributed by atoms with Crippen LogP contribution in [0.2, 0.25) is 0 Å². The minimum absolute atomic E-state index is 0.0439. The zero-order valence-corrected chi connectivity index (χ0v) is 14.5. The molecule has 0 saturated carbocycles. The summed E-state index contributed by atoms with van der Waals surface area (Å²) in [7, 11) is 0. The molecule has 126 valence electrons. The summed E-state index contributed by atoms with van der Waals surface area (Å²) < 4.78 is 0. The number of piperidine rings is 1. The average Bonchev–Trinajstić information content (AvgIpc) is 2.63. The number of aromatic nitrogens is 1. The maximum absolute atomic E-state index is 12.5. The SMILES string of the molecule is CCc1ccccc1Nc1ccc(C(=O)N2CCC(C)CC2)nc1. The van der Waals surface area contributed by atoms with E-state index in [-0.39, 0.29) is 5.91 Å². The van der Waals surface area contributed by atoms with Gasteiger partial charge in [0.25, 0.3) is 5.91 Å². The number of carbonyl (C=O) groups is 1. The summed E-state index contributed by atoms with van der Waals surface area (Å²) >= 11 is 0. The summed E-state index contributed by atoms with van der Waals surface area (Å²) in [4.78, 5) is 18.8. The molecule has 1 N–H and O–H groups in total. The van der Waals surface area contributed by atoms with E-state index in [1.165, 1.54) is 5.56 Å². The van der Waals surface area contributed by atoms with E-state index in [0.29, 0.717) is 11.6 Å². The molecule has 1 aliphatic rings. The van der Waals surface area contributed by atoms with Crippen molar-refractivity contribution >= 4 is 17.3 Å². The van der Waals surface area contributed by atoms with Crippen LogP contribution in [0.5, 0.6) is 0 Å². The molecule has 2 heterocycles. The van der Waals surface area contributed by atoms with Crippen molar-refractivity contribution < 1.29 is 4.79 Å². The van der Waals surface area contributed by atoms with Crippen LogP contribution in [0.1, 0.15) is 42.7 Å². The normalized spacial score (nSPS) is 15.3. The van der Waals surface area contributed by atoms with E-state index in [9.17, 15) is 4.79 Å². The third-order valence-corrected chi connectivity index (χ3v) is 4.73. The molecule has 0 bridgehead atoms. The number of nitrogens with zero attached hydrogens (tertiary/aromatic N) is 2. The van der Waals surface area contributed by atoms with Gasteiger partial charge >= 0.3 is 0 Å². The number of aryl methyl sites for hydroxylation is 1. The molecule has 1 fully saturated rings. The maximum atomic E-state index is 12.5. The summed E-state index contributed by atoms with van der Waals surface area (Å²) in [6, 6.07) is 12.0. The fraction of sp³-hybridized carbons (Fsp3) is 0.400. The lowest BCUT2D eigenvalue weighted by Crippen LogP contribution is -2.38. The first kappa shape index (κ1) is 16.5. The molecular formula is C20H25N3O. The Morgan fingerprint density at radius 1 is 1.21 bits per heavy atom. The van der Waals surface area contributed by atoms with Gasteiger partial charge in [-0.1, -0.05) is 32.0 Å². The fourth-order valence-electron chi connectivity index (χ4n) is 3.07. The lowest BCUT2D eigenvalue weighted by molar-refractivity contribution is 0.0691. The summed E-state index contributed by atoms with van der Waals surface area (Å²) in [5.41, 5.74) is 3.78. The molecule has 0 aliphatic carbocycles. The smallest absolute Gasteiger partial charge is 0.272 e. The molecule has 4 nitrogen and oxygen atoms in total. The van der Waals surface area contributed by atoms with Crippen LogP contribution in [0.4, 0.5) is 11.4 Å². The first-order valence-electron chi connectivity index (χ1n) is 8.77. The second-order valence-electron chi connectivity index (χ2n) is 6.54. The van der Waals surface area contributed by atoms with Crippen molar-refractivity contribution in [3.8, 4) is 0 Å². The van der Waals surface area contributed by atoms with Gasteiger partial charge in [-0.15, -0.1) is 0 Å². The maximum Gasteiger partial charge on any atom is 0.272 e. The number of nitrogens with one attached hydrogen (secondary N) is 1. The number of benzene rings is 1. The molecule has 1 saturated heterocycles. The Labute approximate surface area is 143 Å². The van der Waals surface area contributed by atoms with Gasteiger partial charge in [-0.25, -0.2) is 4.98 Å². The second kappa shape index (κ2) is 7.47. The van der Waals surface area contributed by atoms with Gasteiger partial charge in [0.2, 0.25) is 0 Å². The number of hydrogen-bond acceptors (Lipinski definition) is 3. The molecule has 4 heteroatoms. The van der Waals surface area contributed by atoms with E-state index in [4.69, 9.17) is 0 Å². The average molecular weight is 323 g/mol. The monoisotopic (exact) mass is 323 g/mol. The first-order chi connectivity index (χ1) is 11.7. The topological polar surface area (TPSA) is 45.2 Å². The Morgan fingerprint density at radius 3 is 2.62 bits per heavy atom. The van der Waals surface area contributed by atoms with E-state index >= 15 is 0 Å². The molecule has 24 heavy (non-hydrogen) atoms. The lowest BCUT2D eigenvalue weighted by Gasteiger charge is -2.30. The van der Waals surface area contributed by atoms with Crippen molar-refractivity contribution in [1.29, 1.82) is 0 Å². The summed E-state index contributed by atoms with van der Waals surface area (Å²) in [6.45, 7) is 6.06. The summed E-state index contributed by atoms with van der Waals surface area (Å²) in [5, 5.41) is 3.39. The molecule has 0 spiro atoms. The van der Waals surface area contributed by atoms with Crippen molar-refractivity contribution in [3.63, 3.8) is 0 Å². The zero-order chi connectivity index (χ0) is 16.9. The van der Waals surface area contributed by atoms with Crippen LogP contribution in [-0.2, 0) is 6.42 Å². The highest BCUT2D eigenvalue weighted by Crippen LogP contribution is 2.22. The highest BCUT2D eigenvalue weighted by Gasteiger charge is 2.22. The second-order valence-corrected chi connectivity index (χ2v) is 6.54. The van der Waals surface area contributed by atoms with Gasteiger partial charge in [-0.05, 0) is 48.9 Å². The first-order valence-corrected chi connectivity index (χ1v) is 8.77. The highest BCUT2D eigenvalue weighted by atomic mass is 16.2. The standard InChI is InChI=1S/C20H25N3O/c1-3-16-6-4-5-7-18(16)22-17-8-9-19(21-14-17)20(24)23-12-10-15(2)11-13-23/h4-9,14-15,22H,3,10-13H2,1-2H3. The minimum atomic E-state index is 0.0439. The predicted octanol–water partition coefficient (Wildman–Crippen LogP) is 4.26. The fourth-order valence-corrected chi connectivity index (χ4v) is 3.07. The van der Waals surface area contributed by atoms with Gasteiger partial charge in [0.05, 0.1) is 11.9 Å². The van der Waals surface area contributed by atoms with Crippen LogP contribution in [0.25, 0.3) is 0 Å². The Hall–Kier alpha value is -2.36. The van der Waals surface area contributed by atoms with Gasteiger partial charge in [-0.3, -0.25) is 4.79 Å². The number of pyridine rings is 1. The molecular weight excluding hydrogens is 298 g/mol. The van der Waals surface area contributed by atoms with Crippen LogP contribution in [-0.4, -0.2) is 28.9 Å². The van der Waals surface area contributed by atoms with Gasteiger partial charge in [0.15, 0.2) is 0 Å². The molecule has 0 atom stereocenters. The van der Waals surface area contributed by atoms with Gasteiger partial charge in [0, 0.05) is 18.8 Å². The van der Waals surface area contributed by atoms with Crippen LogP contribution in [0, 0.1) is 5.92 Å². The minimum Gasteiger partial charge on any atom is -0.354 e. The summed E-state index contributed by atoms with van der Waals surface area (Å²) in [6.07, 6.45) is 4.88. The largest absolute Gasteiger partial charge is 0.354 e. The molecule has 1 aromatic heterocycles. The third kappa shape index (κ3) is 3.75. The predicted molar refractivity (Wildman–Crippen MR) is 97.6 cm³/mol. The number of amides is 1. The van der Waals surface area contributed by atoms with E-state index in [1.54, 1.807) is 6.20 Å². The van der Waals surface area contributed by atoms with Crippen molar-refractivity contribution in [2.45, 2.75) is 33.1 Å². The van der Waals surface area contributed by atoms with Gasteiger partial charge in [0.1, 0.15) is 5.69 Å². The number of hydrogen-bond donors (Lipinski definition) is 1. The summed E-state index contributed by atoms with van der Waals surface area (Å²) in [5.74, 6) is 0.759. The van der Waals surface area contributed by atoms with Crippen molar-refractivity contribution in [1.82, 2.24) is 9.88 Å². The number of likely N-dealkylation sites (tertiary alicyclic amines) is 1. The number of anilines is 2.